The van der Waals surface area contributed by atoms with E-state index in [0.717, 1.165) is 36.9 Å². The molecule has 0 aliphatic carbocycles. The van der Waals surface area contributed by atoms with Gasteiger partial charge in [-0.1, -0.05) is 44.4 Å². The number of nitrogens with zero attached hydrogens (tertiary/aromatic N) is 3. The maximum absolute atomic E-state index is 13.0. The molecule has 0 bridgehead atoms. The van der Waals surface area contributed by atoms with Crippen LogP contribution in [0.5, 0.6) is 0 Å². The average Bonchev–Trinajstić information content (AvgIpc) is 3.08. The summed E-state index contributed by atoms with van der Waals surface area (Å²) in [7, 11) is 0. The molecule has 160 valence electrons. The lowest BCUT2D eigenvalue weighted by Gasteiger charge is -2.31. The minimum Gasteiger partial charge on any atom is -0.331 e. The van der Waals surface area contributed by atoms with Gasteiger partial charge in [-0.3, -0.25) is 19.3 Å². The number of carbonyl (C=O) groups is 3. The third-order valence-corrected chi connectivity index (χ3v) is 5.60. The Bertz CT molecular complexity index is 715. The highest BCUT2D eigenvalue weighted by Gasteiger charge is 2.34. The normalized spacial score (nSPS) is 15.2. The van der Waals surface area contributed by atoms with E-state index < -0.39 is 0 Å². The van der Waals surface area contributed by atoms with Crippen molar-refractivity contribution in [2.24, 2.45) is 5.92 Å². The summed E-state index contributed by atoms with van der Waals surface area (Å²) >= 11 is 0. The minimum absolute atomic E-state index is 0.0220. The summed E-state index contributed by atoms with van der Waals surface area (Å²) in [4.78, 5) is 43.2. The maximum Gasteiger partial charge on any atom is 0.248 e. The predicted molar refractivity (Wildman–Crippen MR) is 115 cm³/mol. The van der Waals surface area contributed by atoms with Crippen molar-refractivity contribution in [2.75, 3.05) is 24.7 Å². The molecule has 2 rings (SSSR count). The lowest BCUT2D eigenvalue weighted by molar-refractivity contribution is -0.144. The Morgan fingerprint density at radius 1 is 1.14 bits per heavy atom. The standard InChI is InChI=1S/C23H35N3O3/c1-6-8-9-19(7-2)23(29)25(17(3)4)15-21(27)24-14-22(28)26(16-24)20-12-10-18(5)11-13-20/h10-13,17,19H,6-9,14-16H2,1-5H3. The van der Waals surface area contributed by atoms with Gasteiger partial charge in [0.1, 0.15) is 19.8 Å². The highest BCUT2D eigenvalue weighted by molar-refractivity contribution is 6.00. The summed E-state index contributed by atoms with van der Waals surface area (Å²) in [5.74, 6) is -0.279. The van der Waals surface area contributed by atoms with Crippen molar-refractivity contribution in [1.29, 1.82) is 0 Å². The summed E-state index contributed by atoms with van der Waals surface area (Å²) in [5.41, 5.74) is 1.91. The van der Waals surface area contributed by atoms with Gasteiger partial charge < -0.3 is 9.80 Å². The Kier molecular flexibility index (Phi) is 8.23. The topological polar surface area (TPSA) is 60.9 Å². The molecule has 6 heteroatoms. The number of unbranched alkanes of at least 4 members (excludes halogenated alkanes) is 1. The first-order valence-electron chi connectivity index (χ1n) is 10.7. The van der Waals surface area contributed by atoms with E-state index in [4.69, 9.17) is 0 Å². The fourth-order valence-corrected chi connectivity index (χ4v) is 3.61. The zero-order valence-corrected chi connectivity index (χ0v) is 18.5. The average molecular weight is 402 g/mol. The van der Waals surface area contributed by atoms with Crippen LogP contribution in [-0.4, -0.2) is 53.3 Å². The van der Waals surface area contributed by atoms with Gasteiger partial charge in [0, 0.05) is 17.6 Å². The molecule has 1 aromatic rings. The van der Waals surface area contributed by atoms with Gasteiger partial charge in [0.05, 0.1) is 0 Å². The van der Waals surface area contributed by atoms with Gasteiger partial charge in [0.15, 0.2) is 0 Å². The van der Waals surface area contributed by atoms with Gasteiger partial charge in [0.25, 0.3) is 0 Å². The number of benzene rings is 1. The molecule has 0 saturated carbocycles. The number of aryl methyl sites for hydroxylation is 1. The number of hydrogen-bond donors (Lipinski definition) is 0. The summed E-state index contributed by atoms with van der Waals surface area (Å²) in [6, 6.07) is 7.63. The van der Waals surface area contributed by atoms with Crippen LogP contribution in [0.2, 0.25) is 0 Å². The number of rotatable bonds is 9. The van der Waals surface area contributed by atoms with Crippen LogP contribution in [0.25, 0.3) is 0 Å². The molecule has 1 aliphatic rings. The zero-order chi connectivity index (χ0) is 21.6. The van der Waals surface area contributed by atoms with E-state index in [1.54, 1.807) is 9.80 Å². The molecule has 0 radical (unpaired) electrons. The second-order valence-electron chi connectivity index (χ2n) is 8.20. The highest BCUT2D eigenvalue weighted by atomic mass is 16.2. The van der Waals surface area contributed by atoms with Gasteiger partial charge in [-0.25, -0.2) is 0 Å². The molecule has 1 atom stereocenters. The first-order valence-corrected chi connectivity index (χ1v) is 10.7. The van der Waals surface area contributed by atoms with E-state index in [-0.39, 0.29) is 49.4 Å². The van der Waals surface area contributed by atoms with Gasteiger partial charge in [-0.05, 0) is 45.7 Å². The monoisotopic (exact) mass is 401 g/mol. The largest absolute Gasteiger partial charge is 0.331 e. The van der Waals surface area contributed by atoms with Crippen molar-refractivity contribution < 1.29 is 14.4 Å². The van der Waals surface area contributed by atoms with Crippen LogP contribution in [0.15, 0.2) is 24.3 Å². The Morgan fingerprint density at radius 3 is 2.34 bits per heavy atom. The third-order valence-electron chi connectivity index (χ3n) is 5.60. The smallest absolute Gasteiger partial charge is 0.248 e. The number of anilines is 1. The van der Waals surface area contributed by atoms with Gasteiger partial charge >= 0.3 is 0 Å². The van der Waals surface area contributed by atoms with Crippen molar-refractivity contribution in [3.8, 4) is 0 Å². The van der Waals surface area contributed by atoms with Gasteiger partial charge in [0.2, 0.25) is 17.7 Å². The highest BCUT2D eigenvalue weighted by Crippen LogP contribution is 2.21. The van der Waals surface area contributed by atoms with Crippen molar-refractivity contribution in [2.45, 2.75) is 66.3 Å². The van der Waals surface area contributed by atoms with Crippen LogP contribution >= 0.6 is 0 Å². The second-order valence-corrected chi connectivity index (χ2v) is 8.20. The molecule has 0 aromatic heterocycles. The fraction of sp³-hybridized carbons (Fsp3) is 0.609. The second kappa shape index (κ2) is 10.4. The van der Waals surface area contributed by atoms with E-state index in [2.05, 4.69) is 6.92 Å². The van der Waals surface area contributed by atoms with E-state index in [0.29, 0.717) is 0 Å². The van der Waals surface area contributed by atoms with Crippen LogP contribution in [-0.2, 0) is 14.4 Å². The van der Waals surface area contributed by atoms with Crippen LogP contribution in [0.1, 0.15) is 58.9 Å². The van der Waals surface area contributed by atoms with E-state index in [1.165, 1.54) is 4.90 Å². The lowest BCUT2D eigenvalue weighted by atomic mass is 9.97. The minimum atomic E-state index is -0.180. The quantitative estimate of drug-likeness (QED) is 0.635. The summed E-state index contributed by atoms with van der Waals surface area (Å²) in [5, 5.41) is 0. The molecule has 6 nitrogen and oxygen atoms in total. The SMILES string of the molecule is CCCCC(CC)C(=O)N(CC(=O)N1CC(=O)N(c2ccc(C)cc2)C1)C(C)C. The van der Waals surface area contributed by atoms with E-state index in [9.17, 15) is 14.4 Å². The van der Waals surface area contributed by atoms with Crippen LogP contribution in [0.4, 0.5) is 5.69 Å². The Labute approximate surface area is 174 Å². The third kappa shape index (κ3) is 5.81. The summed E-state index contributed by atoms with van der Waals surface area (Å²) in [6.07, 6.45) is 3.69. The fourth-order valence-electron chi connectivity index (χ4n) is 3.61. The molecule has 1 fully saturated rings. The van der Waals surface area contributed by atoms with Crippen LogP contribution in [0.3, 0.4) is 0 Å². The molecule has 1 heterocycles. The number of amides is 3. The molecular formula is C23H35N3O3. The molecule has 0 N–H and O–H groups in total. The zero-order valence-electron chi connectivity index (χ0n) is 18.5. The van der Waals surface area contributed by atoms with Crippen LogP contribution in [0, 0.1) is 12.8 Å². The van der Waals surface area contributed by atoms with E-state index in [1.807, 2.05) is 52.0 Å². The Hall–Kier alpha value is -2.37. The molecular weight excluding hydrogens is 366 g/mol. The lowest BCUT2D eigenvalue weighted by Crippen LogP contribution is -2.47. The Balaban J connectivity index is 2.05. The molecule has 1 aromatic carbocycles. The molecule has 0 spiro atoms. The van der Waals surface area contributed by atoms with Gasteiger partial charge in [-0.2, -0.15) is 0 Å². The summed E-state index contributed by atoms with van der Waals surface area (Å²) < 4.78 is 0. The van der Waals surface area contributed by atoms with E-state index >= 15 is 0 Å². The molecule has 3 amide bonds. The number of hydrogen-bond acceptors (Lipinski definition) is 3. The van der Waals surface area contributed by atoms with Crippen molar-refractivity contribution >= 4 is 23.4 Å². The van der Waals surface area contributed by atoms with Crippen molar-refractivity contribution in [3.63, 3.8) is 0 Å². The molecule has 1 unspecified atom stereocenters. The number of carbonyl (C=O) groups excluding carboxylic acids is 3. The van der Waals surface area contributed by atoms with Crippen molar-refractivity contribution in [1.82, 2.24) is 9.80 Å². The Morgan fingerprint density at radius 2 is 1.79 bits per heavy atom. The maximum atomic E-state index is 13.0. The first kappa shape index (κ1) is 22.9. The molecule has 1 aliphatic heterocycles. The molecule has 29 heavy (non-hydrogen) atoms. The van der Waals surface area contributed by atoms with Crippen LogP contribution < -0.4 is 4.90 Å². The summed E-state index contributed by atoms with van der Waals surface area (Å²) in [6.45, 7) is 10.3. The predicted octanol–water partition coefficient (Wildman–Crippen LogP) is 3.58. The van der Waals surface area contributed by atoms with Gasteiger partial charge in [-0.15, -0.1) is 0 Å². The molecule has 1 saturated heterocycles. The van der Waals surface area contributed by atoms with Crippen molar-refractivity contribution in [3.05, 3.63) is 29.8 Å². The first-order chi connectivity index (χ1) is 13.8.